The Morgan fingerprint density at radius 2 is 1.42 bits per heavy atom. The minimum Gasteiger partial charge on any atom is -0.304 e. The Labute approximate surface area is 169 Å². The van der Waals surface area contributed by atoms with Gasteiger partial charge in [0.25, 0.3) is 0 Å². The van der Waals surface area contributed by atoms with E-state index in [9.17, 15) is 0 Å². The molecule has 1 nitrogen and oxygen atoms in total. The Hall–Kier alpha value is -1.34. The summed E-state index contributed by atoms with van der Waals surface area (Å²) < 4.78 is 0. The van der Waals surface area contributed by atoms with Gasteiger partial charge in [0.05, 0.1) is 0 Å². The summed E-state index contributed by atoms with van der Waals surface area (Å²) in [5, 5.41) is 2.66. The average Bonchev–Trinajstić information content (AvgIpc) is 3.34. The number of nitrogens with zero attached hydrogens (tertiary/aromatic N) is 1. The molecule has 1 saturated heterocycles. The summed E-state index contributed by atoms with van der Waals surface area (Å²) in [6.45, 7) is 13.0. The fraction of sp³-hybridized carbons (Fsp3) is 0.417. The summed E-state index contributed by atoms with van der Waals surface area (Å²) in [4.78, 5) is 2.61. The van der Waals surface area contributed by atoms with Crippen molar-refractivity contribution in [3.8, 4) is 0 Å². The molecule has 0 N–H and O–H groups in total. The van der Waals surface area contributed by atoms with Crippen LogP contribution in [-0.4, -0.2) is 24.5 Å². The Balaban J connectivity index is 0.000000206. The SMILES string of the molecule is Cc1c(C)c(C)[c-](CCN2CCCC2)c1C.[Fe].c1cc[c-]2cccc2c1. The van der Waals surface area contributed by atoms with E-state index in [0.717, 1.165) is 0 Å². The van der Waals surface area contributed by atoms with Crippen molar-refractivity contribution in [2.45, 2.75) is 47.0 Å². The van der Waals surface area contributed by atoms with Gasteiger partial charge in [0.2, 0.25) is 0 Å². The van der Waals surface area contributed by atoms with Gasteiger partial charge in [-0.25, -0.2) is 0 Å². The predicted octanol–water partition coefficient (Wildman–Crippen LogP) is 5.83. The predicted molar refractivity (Wildman–Crippen MR) is 110 cm³/mol. The van der Waals surface area contributed by atoms with Crippen molar-refractivity contribution in [1.82, 2.24) is 4.90 Å². The summed E-state index contributed by atoms with van der Waals surface area (Å²) in [5.74, 6) is 0. The third-order valence-corrected chi connectivity index (χ3v) is 6.02. The van der Waals surface area contributed by atoms with Gasteiger partial charge >= 0.3 is 0 Å². The Morgan fingerprint density at radius 3 is 2.04 bits per heavy atom. The van der Waals surface area contributed by atoms with Crippen LogP contribution < -0.4 is 0 Å². The monoisotopic (exact) mass is 389 g/mol. The second-order valence-corrected chi connectivity index (χ2v) is 7.43. The molecule has 0 radical (unpaired) electrons. The van der Waals surface area contributed by atoms with Crippen molar-refractivity contribution in [3.05, 3.63) is 70.3 Å². The Morgan fingerprint density at radius 1 is 0.846 bits per heavy atom. The molecule has 26 heavy (non-hydrogen) atoms. The zero-order valence-electron chi connectivity index (χ0n) is 16.6. The van der Waals surface area contributed by atoms with E-state index in [-0.39, 0.29) is 17.1 Å². The normalized spacial score (nSPS) is 14.2. The minimum atomic E-state index is 0. The number of benzene rings is 1. The fourth-order valence-corrected chi connectivity index (χ4v) is 4.02. The number of hydrogen-bond acceptors (Lipinski definition) is 1. The van der Waals surface area contributed by atoms with Crippen LogP contribution in [0.2, 0.25) is 0 Å². The van der Waals surface area contributed by atoms with E-state index in [1.165, 1.54) is 71.9 Å². The van der Waals surface area contributed by atoms with Crippen LogP contribution in [-0.2, 0) is 23.5 Å². The molecule has 1 aliphatic rings. The average molecular weight is 389 g/mol. The van der Waals surface area contributed by atoms with Crippen molar-refractivity contribution in [2.24, 2.45) is 0 Å². The summed E-state index contributed by atoms with van der Waals surface area (Å²) in [5.41, 5.74) is 7.70. The van der Waals surface area contributed by atoms with Crippen LogP contribution >= 0.6 is 0 Å². The van der Waals surface area contributed by atoms with Crippen LogP contribution in [0, 0.1) is 27.7 Å². The molecule has 0 amide bonds. The summed E-state index contributed by atoms with van der Waals surface area (Å²) >= 11 is 0. The maximum absolute atomic E-state index is 2.61. The van der Waals surface area contributed by atoms with Crippen LogP contribution in [0.4, 0.5) is 0 Å². The molecule has 3 aromatic rings. The zero-order chi connectivity index (χ0) is 17.8. The van der Waals surface area contributed by atoms with Crippen molar-refractivity contribution < 1.29 is 17.1 Å². The van der Waals surface area contributed by atoms with E-state index in [4.69, 9.17) is 0 Å². The maximum atomic E-state index is 2.61. The van der Waals surface area contributed by atoms with Gasteiger partial charge < -0.3 is 4.90 Å². The molecule has 0 aromatic heterocycles. The van der Waals surface area contributed by atoms with Gasteiger partial charge in [-0.05, 0) is 32.5 Å². The first-order valence-electron chi connectivity index (χ1n) is 9.62. The molecule has 142 valence electrons. The van der Waals surface area contributed by atoms with Gasteiger partial charge in [0.15, 0.2) is 0 Å². The molecule has 4 rings (SSSR count). The second kappa shape index (κ2) is 9.55. The van der Waals surface area contributed by atoms with E-state index in [2.05, 4.69) is 75.1 Å². The molecular formula is C24H31FeN-2. The summed E-state index contributed by atoms with van der Waals surface area (Å²) in [6, 6.07) is 14.7. The number of fused-ring (bicyclic) bond motifs is 1. The van der Waals surface area contributed by atoms with Crippen molar-refractivity contribution in [2.75, 3.05) is 19.6 Å². The Bertz CT molecular complexity index is 762. The first kappa shape index (κ1) is 21.0. The molecule has 1 aliphatic heterocycles. The number of hydrogen-bond donors (Lipinski definition) is 0. The van der Waals surface area contributed by atoms with Gasteiger partial charge in [-0.3, -0.25) is 0 Å². The van der Waals surface area contributed by atoms with Crippen molar-refractivity contribution in [1.29, 1.82) is 0 Å². The zero-order valence-corrected chi connectivity index (χ0v) is 17.7. The molecule has 0 spiro atoms. The molecular weight excluding hydrogens is 358 g/mol. The molecule has 0 atom stereocenters. The molecule has 1 heterocycles. The molecule has 1 fully saturated rings. The van der Waals surface area contributed by atoms with Crippen LogP contribution in [0.5, 0.6) is 0 Å². The van der Waals surface area contributed by atoms with E-state index < -0.39 is 0 Å². The molecule has 0 aliphatic carbocycles. The first-order valence-corrected chi connectivity index (χ1v) is 9.62. The van der Waals surface area contributed by atoms with Crippen LogP contribution in [0.3, 0.4) is 0 Å². The molecule has 0 saturated carbocycles. The van der Waals surface area contributed by atoms with E-state index >= 15 is 0 Å². The van der Waals surface area contributed by atoms with Gasteiger partial charge in [-0.1, -0.05) is 39.5 Å². The summed E-state index contributed by atoms with van der Waals surface area (Å²) in [7, 11) is 0. The first-order chi connectivity index (χ1) is 12.1. The van der Waals surface area contributed by atoms with Crippen LogP contribution in [0.1, 0.15) is 40.7 Å². The van der Waals surface area contributed by atoms with Gasteiger partial charge in [-0.2, -0.15) is 34.4 Å². The molecule has 0 bridgehead atoms. The standard InChI is InChI=1S/C15H24N.C9H7.Fe/c1-11-12(2)14(4)15(13(11)3)7-10-16-8-5-6-9-16;1-2-5-9-7-3-6-8(9)4-1;/h5-10H2,1-4H3;1-7H;/q2*-1;. The van der Waals surface area contributed by atoms with Crippen molar-refractivity contribution in [3.63, 3.8) is 0 Å². The summed E-state index contributed by atoms with van der Waals surface area (Å²) in [6.07, 6.45) is 4.04. The van der Waals surface area contributed by atoms with E-state index in [0.29, 0.717) is 0 Å². The van der Waals surface area contributed by atoms with Gasteiger partial charge in [0, 0.05) is 17.1 Å². The van der Waals surface area contributed by atoms with Crippen LogP contribution in [0.25, 0.3) is 10.8 Å². The third-order valence-electron chi connectivity index (χ3n) is 6.02. The topological polar surface area (TPSA) is 3.24 Å². The maximum Gasteiger partial charge on any atom is 0 e. The van der Waals surface area contributed by atoms with Crippen molar-refractivity contribution >= 4 is 10.8 Å². The third kappa shape index (κ3) is 4.68. The largest absolute Gasteiger partial charge is 0.304 e. The van der Waals surface area contributed by atoms with Gasteiger partial charge in [0.1, 0.15) is 0 Å². The smallest absolute Gasteiger partial charge is 0 e. The number of likely N-dealkylation sites (tertiary alicyclic amines) is 1. The fourth-order valence-electron chi connectivity index (χ4n) is 4.02. The molecule has 0 unspecified atom stereocenters. The van der Waals surface area contributed by atoms with E-state index in [1.54, 1.807) is 5.56 Å². The quantitative estimate of drug-likeness (QED) is 0.402. The molecule has 2 heteroatoms. The number of rotatable bonds is 3. The van der Waals surface area contributed by atoms with Gasteiger partial charge in [-0.15, -0.1) is 41.3 Å². The van der Waals surface area contributed by atoms with Crippen LogP contribution in [0.15, 0.2) is 42.5 Å². The minimum absolute atomic E-state index is 0. The second-order valence-electron chi connectivity index (χ2n) is 7.43. The Kier molecular flexibility index (Phi) is 7.70. The molecule has 3 aromatic carbocycles. The van der Waals surface area contributed by atoms with E-state index in [1.807, 2.05) is 0 Å².